The van der Waals surface area contributed by atoms with Crippen molar-refractivity contribution in [1.82, 2.24) is 15.0 Å². The van der Waals surface area contributed by atoms with Gasteiger partial charge >= 0.3 is 5.97 Å². The second-order valence-electron chi connectivity index (χ2n) is 6.36. The first-order chi connectivity index (χ1) is 14.9. The maximum atomic E-state index is 13.4. The second-order valence-corrected chi connectivity index (χ2v) is 7.87. The molecule has 0 saturated carbocycles. The topological polar surface area (TPSA) is 74.1 Å². The first-order valence-electron chi connectivity index (χ1n) is 8.82. The molecule has 0 radical (unpaired) electrons. The molecule has 0 aliphatic carbocycles. The molecule has 0 spiro atoms. The van der Waals surface area contributed by atoms with Crippen molar-refractivity contribution in [3.8, 4) is 0 Å². The number of ether oxygens (including phenoxy) is 1. The Morgan fingerprint density at radius 1 is 0.806 bits per heavy atom. The molecule has 0 atom stereocenters. The maximum Gasteiger partial charge on any atom is 0.340 e. The van der Waals surface area contributed by atoms with Crippen molar-refractivity contribution in [2.45, 2.75) is 6.61 Å². The summed E-state index contributed by atoms with van der Waals surface area (Å²) >= 11 is 24.9. The van der Waals surface area contributed by atoms with Crippen LogP contribution in [0.15, 0.2) is 54.6 Å². The van der Waals surface area contributed by atoms with Gasteiger partial charge in [0.25, 0.3) is 5.91 Å². The fraction of sp³-hybridized carbons (Fsp3) is 0.0476. The van der Waals surface area contributed by atoms with Gasteiger partial charge in [0.2, 0.25) is 0 Å². The Balaban J connectivity index is 1.81. The summed E-state index contributed by atoms with van der Waals surface area (Å²) in [5.74, 6) is -1.65. The van der Waals surface area contributed by atoms with E-state index < -0.39 is 11.9 Å². The van der Waals surface area contributed by atoms with Crippen LogP contribution in [0, 0.1) is 0 Å². The quantitative estimate of drug-likeness (QED) is 0.195. The minimum atomic E-state index is -0.887. The highest BCUT2D eigenvalue weighted by molar-refractivity contribution is 6.54. The third-order valence-corrected chi connectivity index (χ3v) is 6.24. The lowest BCUT2D eigenvalue weighted by Crippen LogP contribution is -2.20. The lowest BCUT2D eigenvalue weighted by Gasteiger charge is -2.15. The highest BCUT2D eigenvalue weighted by Gasteiger charge is 2.31. The van der Waals surface area contributed by atoms with Gasteiger partial charge in [-0.25, -0.2) is 4.79 Å². The van der Waals surface area contributed by atoms with Crippen molar-refractivity contribution >= 4 is 69.3 Å². The zero-order valence-corrected chi connectivity index (χ0v) is 18.5. The number of carbonyl (C=O) groups is 2. The highest BCUT2D eigenvalue weighted by Crippen LogP contribution is 2.42. The fourth-order valence-corrected chi connectivity index (χ4v) is 3.95. The number of benzene rings is 3. The third-order valence-electron chi connectivity index (χ3n) is 4.44. The molecule has 4 rings (SSSR count). The zero-order chi connectivity index (χ0) is 22.1. The number of fused-ring (bicyclic) bond motifs is 1. The Labute approximate surface area is 196 Å². The molecule has 6 nitrogen and oxygen atoms in total. The molecule has 0 aliphatic heterocycles. The smallest absolute Gasteiger partial charge is 0.340 e. The Morgan fingerprint density at radius 2 is 1.42 bits per heavy atom. The summed E-state index contributed by atoms with van der Waals surface area (Å²) in [6, 6.07) is 15.8. The van der Waals surface area contributed by atoms with Crippen molar-refractivity contribution in [2.24, 2.45) is 0 Å². The standard InChI is InChI=1S/C21H11Cl4N3O3/c22-16-14(20(29)28-13-9-5-4-8-12(13)26-27-28)15(17(23)19(25)18(16)24)21(30)31-10-11-6-2-1-3-7-11/h1-9H,10H2. The van der Waals surface area contributed by atoms with Crippen LogP contribution in [0.25, 0.3) is 11.0 Å². The molecule has 31 heavy (non-hydrogen) atoms. The molecule has 0 saturated heterocycles. The molecule has 0 N–H and O–H groups in total. The van der Waals surface area contributed by atoms with Gasteiger partial charge in [0.1, 0.15) is 12.1 Å². The van der Waals surface area contributed by atoms with Crippen molar-refractivity contribution < 1.29 is 14.3 Å². The summed E-state index contributed by atoms with van der Waals surface area (Å²) in [5, 5.41) is 7.00. The Hall–Kier alpha value is -2.64. The van der Waals surface area contributed by atoms with Gasteiger partial charge < -0.3 is 4.74 Å². The van der Waals surface area contributed by atoms with Gasteiger partial charge in [0.05, 0.1) is 36.7 Å². The van der Waals surface area contributed by atoms with Gasteiger partial charge in [0.15, 0.2) is 0 Å². The van der Waals surface area contributed by atoms with Gasteiger partial charge in [-0.3, -0.25) is 4.79 Å². The molecule has 0 amide bonds. The van der Waals surface area contributed by atoms with Gasteiger partial charge in [-0.15, -0.1) is 5.10 Å². The Kier molecular flexibility index (Phi) is 6.16. The van der Waals surface area contributed by atoms with Crippen LogP contribution in [0.4, 0.5) is 0 Å². The number of hydrogen-bond acceptors (Lipinski definition) is 5. The number of hydrogen-bond donors (Lipinski definition) is 0. The number of para-hydroxylation sites is 1. The van der Waals surface area contributed by atoms with Crippen LogP contribution in [0.3, 0.4) is 0 Å². The molecule has 1 aromatic heterocycles. The summed E-state index contributed by atoms with van der Waals surface area (Å²) in [6.45, 7) is -0.0479. The van der Waals surface area contributed by atoms with Crippen LogP contribution in [0.1, 0.15) is 26.3 Å². The van der Waals surface area contributed by atoms with Gasteiger partial charge in [-0.1, -0.05) is 94.1 Å². The molecule has 4 aromatic rings. The van der Waals surface area contributed by atoms with Crippen LogP contribution in [-0.2, 0) is 11.3 Å². The summed E-state index contributed by atoms with van der Waals surface area (Å²) < 4.78 is 6.36. The van der Waals surface area contributed by atoms with Crippen LogP contribution in [0.5, 0.6) is 0 Å². The van der Waals surface area contributed by atoms with Crippen molar-refractivity contribution in [3.63, 3.8) is 0 Å². The Morgan fingerprint density at radius 3 is 2.13 bits per heavy atom. The minimum absolute atomic E-state index is 0.0479. The lowest BCUT2D eigenvalue weighted by atomic mass is 10.1. The average molecular weight is 495 g/mol. The largest absolute Gasteiger partial charge is 0.457 e. The van der Waals surface area contributed by atoms with E-state index in [0.29, 0.717) is 11.0 Å². The van der Waals surface area contributed by atoms with Crippen molar-refractivity contribution in [3.05, 3.63) is 91.4 Å². The van der Waals surface area contributed by atoms with Crippen LogP contribution < -0.4 is 0 Å². The number of halogens is 4. The summed E-state index contributed by atoms with van der Waals surface area (Å²) in [6.07, 6.45) is 0. The molecular formula is C21H11Cl4N3O3. The normalized spacial score (nSPS) is 11.0. The van der Waals surface area contributed by atoms with E-state index in [2.05, 4.69) is 10.3 Å². The molecule has 0 bridgehead atoms. The van der Waals surface area contributed by atoms with Gasteiger partial charge in [0, 0.05) is 0 Å². The highest BCUT2D eigenvalue weighted by atomic mass is 35.5. The van der Waals surface area contributed by atoms with Crippen LogP contribution in [0.2, 0.25) is 20.1 Å². The van der Waals surface area contributed by atoms with E-state index in [-0.39, 0.29) is 37.8 Å². The molecule has 3 aromatic carbocycles. The van der Waals surface area contributed by atoms with E-state index in [9.17, 15) is 9.59 Å². The molecule has 0 unspecified atom stereocenters. The molecule has 156 valence electrons. The minimum Gasteiger partial charge on any atom is -0.457 e. The first-order valence-corrected chi connectivity index (χ1v) is 10.3. The van der Waals surface area contributed by atoms with E-state index in [1.54, 1.807) is 48.5 Å². The summed E-state index contributed by atoms with van der Waals surface area (Å²) in [4.78, 5) is 26.3. The zero-order valence-electron chi connectivity index (χ0n) is 15.5. The number of aromatic nitrogens is 3. The monoisotopic (exact) mass is 493 g/mol. The van der Waals surface area contributed by atoms with Crippen molar-refractivity contribution in [2.75, 3.05) is 0 Å². The third kappa shape index (κ3) is 4.00. The van der Waals surface area contributed by atoms with E-state index in [4.69, 9.17) is 51.1 Å². The van der Waals surface area contributed by atoms with E-state index in [1.807, 2.05) is 6.07 Å². The summed E-state index contributed by atoms with van der Waals surface area (Å²) in [5.41, 5.74) is 1.05. The SMILES string of the molecule is O=C(OCc1ccccc1)c1c(Cl)c(Cl)c(Cl)c(Cl)c1C(=O)n1nnc2ccccc21. The van der Waals surface area contributed by atoms with Crippen LogP contribution >= 0.6 is 46.4 Å². The van der Waals surface area contributed by atoms with Gasteiger partial charge in [-0.2, -0.15) is 4.68 Å². The predicted octanol–water partition coefficient (Wildman–Crippen LogP) is 6.09. The maximum absolute atomic E-state index is 13.4. The number of esters is 1. The molecule has 0 fully saturated rings. The molecular weight excluding hydrogens is 484 g/mol. The fourth-order valence-electron chi connectivity index (χ4n) is 2.94. The van der Waals surface area contributed by atoms with E-state index in [0.717, 1.165) is 10.2 Å². The summed E-state index contributed by atoms with van der Waals surface area (Å²) in [7, 11) is 0. The predicted molar refractivity (Wildman–Crippen MR) is 119 cm³/mol. The van der Waals surface area contributed by atoms with Crippen LogP contribution in [-0.4, -0.2) is 26.9 Å². The number of nitrogens with zero attached hydrogens (tertiary/aromatic N) is 3. The second kappa shape index (κ2) is 8.85. The number of carbonyl (C=O) groups excluding carboxylic acids is 2. The number of rotatable bonds is 4. The van der Waals surface area contributed by atoms with Gasteiger partial charge in [-0.05, 0) is 17.7 Å². The molecule has 10 heteroatoms. The van der Waals surface area contributed by atoms with E-state index >= 15 is 0 Å². The average Bonchev–Trinajstić information content (AvgIpc) is 3.23. The van der Waals surface area contributed by atoms with Crippen molar-refractivity contribution in [1.29, 1.82) is 0 Å². The molecule has 0 aliphatic rings. The lowest BCUT2D eigenvalue weighted by molar-refractivity contribution is 0.0469. The molecule has 1 heterocycles. The Bertz CT molecular complexity index is 1320. The van der Waals surface area contributed by atoms with E-state index in [1.165, 1.54) is 0 Å². The first kappa shape index (κ1) is 21.6.